The van der Waals surface area contributed by atoms with Crippen LogP contribution in [0.25, 0.3) is 0 Å². The summed E-state index contributed by atoms with van der Waals surface area (Å²) in [5.41, 5.74) is 3.44. The van der Waals surface area contributed by atoms with Gasteiger partial charge in [0.25, 0.3) is 0 Å². The summed E-state index contributed by atoms with van der Waals surface area (Å²) in [5.74, 6) is 0. The Labute approximate surface area is 132 Å². The van der Waals surface area contributed by atoms with E-state index in [0.29, 0.717) is 6.54 Å². The van der Waals surface area contributed by atoms with Crippen molar-refractivity contribution in [3.8, 4) is 0 Å². The maximum atomic E-state index is 12.3. The highest BCUT2D eigenvalue weighted by atomic mass is 127. The average molecular weight is 378 g/mol. The molecule has 0 spiro atoms. The van der Waals surface area contributed by atoms with Crippen molar-refractivity contribution in [2.45, 2.75) is 13.0 Å². The van der Waals surface area contributed by atoms with Crippen molar-refractivity contribution < 1.29 is 4.79 Å². The molecule has 3 rings (SSSR count). The Morgan fingerprint density at radius 2 is 1.75 bits per heavy atom. The lowest BCUT2D eigenvalue weighted by atomic mass is 10.0. The van der Waals surface area contributed by atoms with Gasteiger partial charge in [-0.15, -0.1) is 0 Å². The van der Waals surface area contributed by atoms with Gasteiger partial charge in [0, 0.05) is 22.3 Å². The van der Waals surface area contributed by atoms with Crippen LogP contribution in [0.4, 0.5) is 10.5 Å². The minimum atomic E-state index is -0.0271. The molecule has 2 aromatic carbocycles. The molecule has 4 heteroatoms. The Hall–Kier alpha value is -1.56. The summed E-state index contributed by atoms with van der Waals surface area (Å²) in [6.45, 7) is 1.46. The highest BCUT2D eigenvalue weighted by Crippen LogP contribution is 2.19. The molecule has 0 unspecified atom stereocenters. The van der Waals surface area contributed by atoms with Gasteiger partial charge in [-0.2, -0.15) is 0 Å². The van der Waals surface area contributed by atoms with Gasteiger partial charge < -0.3 is 10.2 Å². The zero-order valence-corrected chi connectivity index (χ0v) is 13.1. The molecule has 102 valence electrons. The van der Waals surface area contributed by atoms with Crippen LogP contribution in [0.1, 0.15) is 11.1 Å². The van der Waals surface area contributed by atoms with Crippen LogP contribution < -0.4 is 5.32 Å². The number of hydrogen-bond acceptors (Lipinski definition) is 1. The van der Waals surface area contributed by atoms with Crippen LogP contribution in [0.3, 0.4) is 0 Å². The largest absolute Gasteiger partial charge is 0.322 e. The summed E-state index contributed by atoms with van der Waals surface area (Å²) in [7, 11) is 0. The zero-order valence-electron chi connectivity index (χ0n) is 11.0. The fraction of sp³-hybridized carbons (Fsp3) is 0.188. The molecule has 20 heavy (non-hydrogen) atoms. The lowest BCUT2D eigenvalue weighted by Crippen LogP contribution is -2.38. The predicted octanol–water partition coefficient (Wildman–Crippen LogP) is 3.88. The van der Waals surface area contributed by atoms with Crippen LogP contribution in [0.15, 0.2) is 48.5 Å². The summed E-state index contributed by atoms with van der Waals surface area (Å²) in [5, 5.41) is 2.95. The van der Waals surface area contributed by atoms with E-state index in [9.17, 15) is 4.79 Å². The summed E-state index contributed by atoms with van der Waals surface area (Å²) in [6, 6.07) is 16.1. The van der Waals surface area contributed by atoms with Gasteiger partial charge in [0.05, 0.1) is 0 Å². The van der Waals surface area contributed by atoms with Gasteiger partial charge in [-0.05, 0) is 64.4 Å². The van der Waals surface area contributed by atoms with Crippen molar-refractivity contribution in [2.24, 2.45) is 0 Å². The van der Waals surface area contributed by atoms with Gasteiger partial charge in [-0.3, -0.25) is 0 Å². The molecule has 1 aliphatic heterocycles. The number of amides is 2. The molecule has 2 aromatic rings. The van der Waals surface area contributed by atoms with E-state index < -0.39 is 0 Å². The van der Waals surface area contributed by atoms with E-state index in [2.05, 4.69) is 46.1 Å². The second kappa shape index (κ2) is 5.83. The molecule has 0 atom stereocenters. The standard InChI is InChI=1S/C16H15IN2O/c17-14-5-7-15(8-6-14)18-16(20)19-10-9-12-3-1-2-4-13(12)11-19/h1-8H,9-11H2,(H,18,20). The Morgan fingerprint density at radius 1 is 1.05 bits per heavy atom. The average Bonchev–Trinajstić information content (AvgIpc) is 2.49. The van der Waals surface area contributed by atoms with E-state index in [-0.39, 0.29) is 6.03 Å². The smallest absolute Gasteiger partial charge is 0.320 e. The lowest BCUT2D eigenvalue weighted by Gasteiger charge is -2.28. The maximum absolute atomic E-state index is 12.3. The van der Waals surface area contributed by atoms with Crippen LogP contribution in [0.5, 0.6) is 0 Å². The maximum Gasteiger partial charge on any atom is 0.322 e. The third-order valence-corrected chi connectivity index (χ3v) is 4.23. The number of nitrogens with zero attached hydrogens (tertiary/aromatic N) is 1. The summed E-state index contributed by atoms with van der Waals surface area (Å²) < 4.78 is 1.16. The van der Waals surface area contributed by atoms with E-state index in [1.807, 2.05) is 35.2 Å². The van der Waals surface area contributed by atoms with E-state index >= 15 is 0 Å². The van der Waals surface area contributed by atoms with Crippen molar-refractivity contribution >= 4 is 34.3 Å². The molecular weight excluding hydrogens is 363 g/mol. The number of nitrogens with one attached hydrogen (secondary N) is 1. The normalized spacial score (nSPS) is 13.8. The molecule has 2 amide bonds. The summed E-state index contributed by atoms with van der Waals surface area (Å²) >= 11 is 2.25. The number of carbonyl (C=O) groups is 1. The van der Waals surface area contributed by atoms with Crippen LogP contribution in [0, 0.1) is 3.57 Å². The number of anilines is 1. The molecule has 0 aliphatic carbocycles. The quantitative estimate of drug-likeness (QED) is 0.751. The number of urea groups is 1. The molecule has 0 bridgehead atoms. The zero-order chi connectivity index (χ0) is 13.9. The van der Waals surface area contributed by atoms with Crippen molar-refractivity contribution in [3.63, 3.8) is 0 Å². The van der Waals surface area contributed by atoms with E-state index in [1.165, 1.54) is 11.1 Å². The van der Waals surface area contributed by atoms with Crippen LogP contribution in [-0.2, 0) is 13.0 Å². The van der Waals surface area contributed by atoms with Crippen molar-refractivity contribution in [1.29, 1.82) is 0 Å². The third-order valence-electron chi connectivity index (χ3n) is 3.51. The highest BCUT2D eigenvalue weighted by Gasteiger charge is 2.20. The Bertz CT molecular complexity index is 625. The van der Waals surface area contributed by atoms with Crippen molar-refractivity contribution in [1.82, 2.24) is 4.90 Å². The number of halogens is 1. The fourth-order valence-electron chi connectivity index (χ4n) is 2.40. The van der Waals surface area contributed by atoms with E-state index in [4.69, 9.17) is 0 Å². The molecule has 0 radical (unpaired) electrons. The molecular formula is C16H15IN2O. The van der Waals surface area contributed by atoms with Crippen LogP contribution >= 0.6 is 22.6 Å². The second-order valence-corrected chi connectivity index (χ2v) is 6.12. The van der Waals surface area contributed by atoms with Crippen molar-refractivity contribution in [3.05, 3.63) is 63.2 Å². The van der Waals surface area contributed by atoms with Gasteiger partial charge in [-0.25, -0.2) is 4.79 Å². The van der Waals surface area contributed by atoms with Crippen molar-refractivity contribution in [2.75, 3.05) is 11.9 Å². The number of benzene rings is 2. The van der Waals surface area contributed by atoms with Gasteiger partial charge in [0.15, 0.2) is 0 Å². The van der Waals surface area contributed by atoms with Crippen LogP contribution in [-0.4, -0.2) is 17.5 Å². The minimum Gasteiger partial charge on any atom is -0.320 e. The topological polar surface area (TPSA) is 32.3 Å². The molecule has 0 aromatic heterocycles. The fourth-order valence-corrected chi connectivity index (χ4v) is 2.76. The minimum absolute atomic E-state index is 0.0271. The monoisotopic (exact) mass is 378 g/mol. The highest BCUT2D eigenvalue weighted by molar-refractivity contribution is 14.1. The first-order chi connectivity index (χ1) is 9.72. The Morgan fingerprint density at radius 3 is 2.50 bits per heavy atom. The first kappa shape index (κ1) is 13.4. The van der Waals surface area contributed by atoms with E-state index in [0.717, 1.165) is 22.2 Å². The van der Waals surface area contributed by atoms with Crippen LogP contribution in [0.2, 0.25) is 0 Å². The van der Waals surface area contributed by atoms with Gasteiger partial charge in [-0.1, -0.05) is 24.3 Å². The molecule has 0 saturated carbocycles. The van der Waals surface area contributed by atoms with Gasteiger partial charge in [0.2, 0.25) is 0 Å². The first-order valence-electron chi connectivity index (χ1n) is 6.60. The number of fused-ring (bicyclic) bond motifs is 1. The summed E-state index contributed by atoms with van der Waals surface area (Å²) in [4.78, 5) is 14.1. The SMILES string of the molecule is O=C(Nc1ccc(I)cc1)N1CCc2ccccc2C1. The predicted molar refractivity (Wildman–Crippen MR) is 88.7 cm³/mol. The van der Waals surface area contributed by atoms with Gasteiger partial charge >= 0.3 is 6.03 Å². The summed E-state index contributed by atoms with van der Waals surface area (Å²) in [6.07, 6.45) is 0.927. The Kier molecular flexibility index (Phi) is 3.91. The van der Waals surface area contributed by atoms with E-state index in [1.54, 1.807) is 0 Å². The number of carbonyl (C=O) groups excluding carboxylic acids is 1. The molecule has 1 aliphatic rings. The molecule has 1 heterocycles. The molecule has 1 N–H and O–H groups in total. The second-order valence-electron chi connectivity index (χ2n) is 4.88. The van der Waals surface area contributed by atoms with Gasteiger partial charge in [0.1, 0.15) is 0 Å². The molecule has 3 nitrogen and oxygen atoms in total. The number of rotatable bonds is 1. The third kappa shape index (κ3) is 2.95. The number of hydrogen-bond donors (Lipinski definition) is 1. The lowest BCUT2D eigenvalue weighted by molar-refractivity contribution is 0.206. The molecule has 0 saturated heterocycles. The first-order valence-corrected chi connectivity index (χ1v) is 7.68. The Balaban J connectivity index is 1.68. The molecule has 0 fully saturated rings.